The van der Waals surface area contributed by atoms with E-state index in [1.54, 1.807) is 0 Å². The summed E-state index contributed by atoms with van der Waals surface area (Å²) in [6.07, 6.45) is 2.51. The molecule has 0 unspecified atom stereocenters. The van der Waals surface area contributed by atoms with Gasteiger partial charge in [-0.25, -0.2) is 0 Å². The van der Waals surface area contributed by atoms with Crippen LogP contribution in [0.3, 0.4) is 0 Å². The van der Waals surface area contributed by atoms with Gasteiger partial charge in [-0.2, -0.15) is 0 Å². The second kappa shape index (κ2) is 5.39. The highest BCUT2D eigenvalue weighted by Crippen LogP contribution is 1.94. The van der Waals surface area contributed by atoms with Gasteiger partial charge in [-0.05, 0) is 0 Å². The topological polar surface area (TPSA) is 27.7 Å². The van der Waals surface area contributed by atoms with Crippen LogP contribution < -0.4 is 0 Å². The van der Waals surface area contributed by atoms with E-state index in [1.165, 1.54) is 12.5 Å². The first-order chi connectivity index (χ1) is 4.35. The molecule has 0 spiro atoms. The van der Waals surface area contributed by atoms with Gasteiger partial charge in [0.2, 0.25) is 0 Å². The van der Waals surface area contributed by atoms with Gasteiger partial charge in [0.15, 0.2) is 10.5 Å². The van der Waals surface area contributed by atoms with E-state index in [0.717, 1.165) is 0 Å². The maximum atomic E-state index is 4.78. The molecular weight excluding hydrogens is 136 g/mol. The first-order valence-electron chi connectivity index (χ1n) is 2.40. The number of ether oxygens (including phenoxy) is 2. The predicted molar refractivity (Wildman–Crippen MR) is 37.4 cm³/mol. The van der Waals surface area contributed by atoms with Crippen molar-refractivity contribution < 1.29 is 13.9 Å². The van der Waals surface area contributed by atoms with E-state index in [-0.39, 0.29) is 0 Å². The molecule has 0 aliphatic carbocycles. The zero-order valence-electron chi connectivity index (χ0n) is 5.37. The van der Waals surface area contributed by atoms with Crippen LogP contribution in [0.1, 0.15) is 0 Å². The summed E-state index contributed by atoms with van der Waals surface area (Å²) in [5.74, 6) is 0. The van der Waals surface area contributed by atoms with Crippen molar-refractivity contribution in [2.75, 3.05) is 0 Å². The average molecular weight is 146 g/mol. The minimum atomic E-state index is -0.660. The lowest BCUT2D eigenvalue weighted by atomic mass is 11.1. The third-order valence-electron chi connectivity index (χ3n) is 0.607. The molecule has 0 aromatic heterocycles. The van der Waals surface area contributed by atoms with Crippen LogP contribution >= 0.6 is 0 Å². The Balaban J connectivity index is 3.39. The van der Waals surface area contributed by atoms with Crippen molar-refractivity contribution >= 4 is 10.5 Å². The monoisotopic (exact) mass is 146 g/mol. The summed E-state index contributed by atoms with van der Waals surface area (Å²) in [4.78, 5) is 0. The Morgan fingerprint density at radius 2 is 1.67 bits per heavy atom. The largest absolute Gasteiger partial charge is 0.441 e. The van der Waals surface area contributed by atoms with E-state index in [9.17, 15) is 0 Å². The molecule has 0 rings (SSSR count). The van der Waals surface area contributed by atoms with Gasteiger partial charge in [0, 0.05) is 0 Å². The van der Waals surface area contributed by atoms with E-state index in [0.29, 0.717) is 10.5 Å². The normalized spacial score (nSPS) is 9.00. The van der Waals surface area contributed by atoms with Crippen LogP contribution in [0, 0.1) is 0 Å². The summed E-state index contributed by atoms with van der Waals surface area (Å²) in [5, 5.41) is 0. The number of hydrogen-bond acceptors (Lipinski definition) is 3. The van der Waals surface area contributed by atoms with Gasteiger partial charge < -0.3 is 13.9 Å². The summed E-state index contributed by atoms with van der Waals surface area (Å²) >= 11 is 0. The zero-order valence-corrected chi connectivity index (χ0v) is 7.37. The summed E-state index contributed by atoms with van der Waals surface area (Å²) in [5.41, 5.74) is 0. The van der Waals surface area contributed by atoms with Gasteiger partial charge in [-0.15, -0.1) is 0 Å². The maximum Gasteiger partial charge on any atom is 0.349 e. The van der Waals surface area contributed by atoms with E-state index >= 15 is 0 Å². The molecule has 0 bridgehead atoms. The number of rotatable bonds is 5. The van der Waals surface area contributed by atoms with Gasteiger partial charge in [0.1, 0.15) is 0 Å². The third kappa shape index (κ3) is 3.81. The molecule has 0 heterocycles. The van der Waals surface area contributed by atoms with E-state index in [4.69, 9.17) is 13.9 Å². The molecule has 0 aliphatic rings. The van der Waals surface area contributed by atoms with Crippen LogP contribution in [0.15, 0.2) is 25.7 Å². The van der Waals surface area contributed by atoms with Crippen molar-refractivity contribution in [1.29, 1.82) is 0 Å². The van der Waals surface area contributed by atoms with Gasteiger partial charge >= 0.3 is 6.48 Å². The van der Waals surface area contributed by atoms with Crippen LogP contribution in [-0.4, -0.2) is 17.0 Å². The standard InChI is InChI=1S/C5H10O3Si/c1-3-6-5(8-9)7-4-2/h3-5H,1-2H2,9H3. The van der Waals surface area contributed by atoms with Crippen LogP contribution in [0.2, 0.25) is 0 Å². The average Bonchev–Trinajstić information content (AvgIpc) is 1.88. The highest BCUT2D eigenvalue weighted by atomic mass is 28.2. The van der Waals surface area contributed by atoms with E-state index < -0.39 is 6.48 Å². The molecule has 0 saturated carbocycles. The molecule has 0 aliphatic heterocycles. The summed E-state index contributed by atoms with van der Waals surface area (Å²) < 4.78 is 14.2. The van der Waals surface area contributed by atoms with Crippen molar-refractivity contribution in [3.63, 3.8) is 0 Å². The van der Waals surface area contributed by atoms with Gasteiger partial charge in [0.05, 0.1) is 12.5 Å². The predicted octanol–water partition coefficient (Wildman–Crippen LogP) is -0.113. The van der Waals surface area contributed by atoms with Gasteiger partial charge in [-0.1, -0.05) is 13.2 Å². The summed E-state index contributed by atoms with van der Waals surface area (Å²) in [7, 11) is 0.555. The summed E-state index contributed by atoms with van der Waals surface area (Å²) in [6.45, 7) is 6.00. The molecule has 9 heavy (non-hydrogen) atoms. The first kappa shape index (κ1) is 8.26. The Morgan fingerprint density at radius 1 is 1.22 bits per heavy atom. The Morgan fingerprint density at radius 3 is 1.89 bits per heavy atom. The molecule has 0 N–H and O–H groups in total. The van der Waals surface area contributed by atoms with Crippen LogP contribution in [0.4, 0.5) is 0 Å². The first-order valence-corrected chi connectivity index (χ1v) is 3.22. The van der Waals surface area contributed by atoms with E-state index in [1.807, 2.05) is 0 Å². The molecule has 0 saturated heterocycles. The van der Waals surface area contributed by atoms with Crippen molar-refractivity contribution in [2.45, 2.75) is 6.48 Å². The zero-order chi connectivity index (χ0) is 7.11. The Hall–Kier alpha value is -0.743. The fourth-order valence-corrected chi connectivity index (χ4v) is 0.523. The third-order valence-corrected chi connectivity index (χ3v) is 0.992. The smallest absolute Gasteiger partial charge is 0.349 e. The highest BCUT2D eigenvalue weighted by molar-refractivity contribution is 5.97. The van der Waals surface area contributed by atoms with Gasteiger partial charge in [-0.3, -0.25) is 0 Å². The second-order valence-electron chi connectivity index (χ2n) is 1.13. The lowest BCUT2D eigenvalue weighted by Gasteiger charge is -2.12. The SMILES string of the molecule is C=COC(O[SiH3])OC=C. The number of hydrogen-bond donors (Lipinski definition) is 0. The highest BCUT2D eigenvalue weighted by Gasteiger charge is 2.00. The van der Waals surface area contributed by atoms with E-state index in [2.05, 4.69) is 13.2 Å². The molecule has 4 heteroatoms. The molecule has 0 amide bonds. The van der Waals surface area contributed by atoms with Gasteiger partial charge in [0.25, 0.3) is 0 Å². The fraction of sp³-hybridized carbons (Fsp3) is 0.200. The lowest BCUT2D eigenvalue weighted by molar-refractivity contribution is -0.187. The minimum absolute atomic E-state index is 0.555. The molecule has 0 fully saturated rings. The van der Waals surface area contributed by atoms with Crippen LogP contribution in [0.25, 0.3) is 0 Å². The maximum absolute atomic E-state index is 4.78. The Kier molecular flexibility index (Phi) is 4.95. The molecule has 3 nitrogen and oxygen atoms in total. The fourth-order valence-electron chi connectivity index (χ4n) is 0.300. The van der Waals surface area contributed by atoms with Crippen molar-refractivity contribution in [2.24, 2.45) is 0 Å². The molecule has 0 radical (unpaired) electrons. The molecular formula is C5H10O3Si. The van der Waals surface area contributed by atoms with Crippen molar-refractivity contribution in [3.05, 3.63) is 25.7 Å². The minimum Gasteiger partial charge on any atom is -0.441 e. The Bertz CT molecular complexity index is 84.2. The molecule has 0 aromatic rings. The second-order valence-corrected chi connectivity index (χ2v) is 1.60. The molecule has 0 aromatic carbocycles. The lowest BCUT2D eigenvalue weighted by Crippen LogP contribution is -2.13. The van der Waals surface area contributed by atoms with Crippen LogP contribution in [-0.2, 0) is 13.9 Å². The van der Waals surface area contributed by atoms with Crippen molar-refractivity contribution in [1.82, 2.24) is 0 Å². The molecule has 0 atom stereocenters. The van der Waals surface area contributed by atoms with Crippen molar-refractivity contribution in [3.8, 4) is 0 Å². The summed E-state index contributed by atoms with van der Waals surface area (Å²) in [6, 6.07) is 0. The molecule has 52 valence electrons. The van der Waals surface area contributed by atoms with Crippen LogP contribution in [0.5, 0.6) is 0 Å². The quantitative estimate of drug-likeness (QED) is 0.308. The Labute approximate surface area is 57.5 Å².